The highest BCUT2D eigenvalue weighted by Gasteiger charge is 2.29. The molecule has 2 aromatic carbocycles. The number of fused-ring (bicyclic) bond motifs is 1. The molecule has 1 fully saturated rings. The van der Waals surface area contributed by atoms with Gasteiger partial charge in [-0.15, -0.1) is 0 Å². The highest BCUT2D eigenvalue weighted by molar-refractivity contribution is 7.98. The molecule has 0 spiro atoms. The first kappa shape index (κ1) is 14.6. The van der Waals surface area contributed by atoms with Crippen molar-refractivity contribution in [3.63, 3.8) is 0 Å². The number of nitrogens with one attached hydrogen (secondary N) is 1. The minimum Gasteiger partial charge on any atom is -0.457 e. The predicted molar refractivity (Wildman–Crippen MR) is 95.2 cm³/mol. The molecule has 118 valence electrons. The number of nitrogens with zero attached hydrogens (tertiary/aromatic N) is 2. The van der Waals surface area contributed by atoms with Crippen LogP contribution in [0.15, 0.2) is 59.0 Å². The van der Waals surface area contributed by atoms with Crippen molar-refractivity contribution in [2.45, 2.75) is 6.04 Å². The van der Waals surface area contributed by atoms with Crippen LogP contribution in [0.1, 0.15) is 11.6 Å². The van der Waals surface area contributed by atoms with Gasteiger partial charge in [0, 0.05) is 25.4 Å². The van der Waals surface area contributed by atoms with Gasteiger partial charge in [0.25, 0.3) is 0 Å². The van der Waals surface area contributed by atoms with Gasteiger partial charge in [0.1, 0.15) is 17.3 Å². The zero-order valence-electron chi connectivity index (χ0n) is 12.8. The molecule has 0 radical (unpaired) electrons. The van der Waals surface area contributed by atoms with Crippen LogP contribution in [0.5, 0.6) is 11.5 Å². The summed E-state index contributed by atoms with van der Waals surface area (Å²) in [6.45, 7) is 3.14. The van der Waals surface area contributed by atoms with Gasteiger partial charge in [-0.3, -0.25) is 0 Å². The SMILES string of the molecule is c1ccc(Oc2ccc(C3NCCN4CCSN=C34)cc2)cc1. The van der Waals surface area contributed by atoms with Crippen LogP contribution in [0.4, 0.5) is 0 Å². The Morgan fingerprint density at radius 1 is 1.00 bits per heavy atom. The average molecular weight is 325 g/mol. The number of amidine groups is 1. The lowest BCUT2D eigenvalue weighted by atomic mass is 10.0. The third-order valence-corrected chi connectivity index (χ3v) is 4.80. The molecular formula is C18H19N3OS. The van der Waals surface area contributed by atoms with Gasteiger partial charge in [-0.1, -0.05) is 30.3 Å². The topological polar surface area (TPSA) is 36.9 Å². The maximum Gasteiger partial charge on any atom is 0.134 e. The van der Waals surface area contributed by atoms with Crippen molar-refractivity contribution in [1.82, 2.24) is 10.2 Å². The minimum atomic E-state index is 0.183. The third kappa shape index (κ3) is 3.21. The summed E-state index contributed by atoms with van der Waals surface area (Å²) in [5.74, 6) is 3.95. The monoisotopic (exact) mass is 325 g/mol. The second-order valence-corrected chi connectivity index (χ2v) is 6.49. The highest BCUT2D eigenvalue weighted by atomic mass is 32.2. The van der Waals surface area contributed by atoms with Crippen molar-refractivity contribution in [3.8, 4) is 11.5 Å². The van der Waals surface area contributed by atoms with Crippen molar-refractivity contribution in [2.75, 3.05) is 25.4 Å². The Balaban J connectivity index is 1.52. The molecule has 2 aliphatic rings. The van der Waals surface area contributed by atoms with E-state index in [1.54, 1.807) is 11.9 Å². The highest BCUT2D eigenvalue weighted by Crippen LogP contribution is 2.28. The molecule has 5 heteroatoms. The summed E-state index contributed by atoms with van der Waals surface area (Å²) in [6.07, 6.45) is 0. The standard InChI is InChI=1S/C18H19N3OS/c1-2-4-15(5-3-1)22-16-8-6-14(7-9-16)17-18-20-23-13-12-21(18)11-10-19-17/h1-9,17,19H,10-13H2. The summed E-state index contributed by atoms with van der Waals surface area (Å²) >= 11 is 1.67. The van der Waals surface area contributed by atoms with Crippen LogP contribution in [0.2, 0.25) is 0 Å². The minimum absolute atomic E-state index is 0.183. The maximum atomic E-state index is 5.86. The zero-order valence-corrected chi connectivity index (χ0v) is 13.6. The molecule has 2 heterocycles. The molecule has 0 bridgehead atoms. The Bertz CT molecular complexity index is 687. The van der Waals surface area contributed by atoms with Crippen molar-refractivity contribution in [1.29, 1.82) is 0 Å². The lowest BCUT2D eigenvalue weighted by Gasteiger charge is -2.38. The number of hydrogen-bond donors (Lipinski definition) is 1. The van der Waals surface area contributed by atoms with Crippen molar-refractivity contribution < 1.29 is 4.74 Å². The Morgan fingerprint density at radius 2 is 1.78 bits per heavy atom. The van der Waals surface area contributed by atoms with E-state index >= 15 is 0 Å². The Hall–Kier alpha value is -1.98. The maximum absolute atomic E-state index is 5.86. The van der Waals surface area contributed by atoms with E-state index in [4.69, 9.17) is 4.74 Å². The van der Waals surface area contributed by atoms with E-state index in [0.29, 0.717) is 0 Å². The van der Waals surface area contributed by atoms with Gasteiger partial charge in [0.15, 0.2) is 0 Å². The summed E-state index contributed by atoms with van der Waals surface area (Å²) in [5, 5.41) is 3.58. The molecular weight excluding hydrogens is 306 g/mol. The molecule has 1 unspecified atom stereocenters. The van der Waals surface area contributed by atoms with Crippen molar-refractivity contribution in [2.24, 2.45) is 4.40 Å². The fraction of sp³-hybridized carbons (Fsp3) is 0.278. The van der Waals surface area contributed by atoms with Gasteiger partial charge < -0.3 is 15.0 Å². The smallest absolute Gasteiger partial charge is 0.134 e. The second-order valence-electron chi connectivity index (χ2n) is 5.64. The second kappa shape index (κ2) is 6.64. The van der Waals surface area contributed by atoms with E-state index in [9.17, 15) is 0 Å². The summed E-state index contributed by atoms with van der Waals surface area (Å²) < 4.78 is 10.5. The molecule has 1 saturated heterocycles. The van der Waals surface area contributed by atoms with Gasteiger partial charge in [-0.25, -0.2) is 4.40 Å². The van der Waals surface area contributed by atoms with Gasteiger partial charge in [0.05, 0.1) is 6.04 Å². The molecule has 1 atom stereocenters. The van der Waals surface area contributed by atoms with Gasteiger partial charge in [-0.2, -0.15) is 0 Å². The first-order valence-corrected chi connectivity index (χ1v) is 8.85. The molecule has 0 aromatic heterocycles. The van der Waals surface area contributed by atoms with E-state index in [-0.39, 0.29) is 6.04 Å². The first-order chi connectivity index (χ1) is 11.4. The molecule has 23 heavy (non-hydrogen) atoms. The molecule has 2 aliphatic heterocycles. The Labute approximate surface area is 140 Å². The van der Waals surface area contributed by atoms with Gasteiger partial charge >= 0.3 is 0 Å². The number of ether oxygens (including phenoxy) is 1. The van der Waals surface area contributed by atoms with Crippen molar-refractivity contribution >= 4 is 17.8 Å². The Kier molecular flexibility index (Phi) is 4.22. The quantitative estimate of drug-likeness (QED) is 0.877. The fourth-order valence-corrected chi connectivity index (χ4v) is 3.70. The van der Waals surface area contributed by atoms with Gasteiger partial charge in [-0.05, 0) is 41.8 Å². The molecule has 0 saturated carbocycles. The summed E-state index contributed by atoms with van der Waals surface area (Å²) in [7, 11) is 0. The van der Waals surface area contributed by atoms with Crippen molar-refractivity contribution in [3.05, 3.63) is 60.2 Å². The summed E-state index contributed by atoms with van der Waals surface area (Å²) in [5.41, 5.74) is 1.23. The average Bonchev–Trinajstić information content (AvgIpc) is 2.63. The lowest BCUT2D eigenvalue weighted by molar-refractivity contribution is 0.365. The van der Waals surface area contributed by atoms with E-state index in [0.717, 1.165) is 42.7 Å². The summed E-state index contributed by atoms with van der Waals surface area (Å²) in [4.78, 5) is 2.39. The predicted octanol–water partition coefficient (Wildman–Crippen LogP) is 3.49. The van der Waals surface area contributed by atoms with Crippen LogP contribution in [0.25, 0.3) is 0 Å². The number of piperazine rings is 1. The lowest BCUT2D eigenvalue weighted by Crippen LogP contribution is -2.51. The Morgan fingerprint density at radius 3 is 2.61 bits per heavy atom. The number of para-hydroxylation sites is 1. The normalized spacial score (nSPS) is 20.6. The molecule has 0 amide bonds. The molecule has 0 aliphatic carbocycles. The van der Waals surface area contributed by atoms with Crippen LogP contribution < -0.4 is 10.1 Å². The zero-order chi connectivity index (χ0) is 15.5. The molecule has 1 N–H and O–H groups in total. The van der Waals surface area contributed by atoms with E-state index in [2.05, 4.69) is 26.7 Å². The number of hydrogen-bond acceptors (Lipinski definition) is 5. The molecule has 2 aromatic rings. The fourth-order valence-electron chi connectivity index (χ4n) is 2.95. The third-order valence-electron chi connectivity index (χ3n) is 4.12. The molecule has 4 nitrogen and oxygen atoms in total. The number of rotatable bonds is 3. The van der Waals surface area contributed by atoms with E-state index in [1.807, 2.05) is 42.5 Å². The largest absolute Gasteiger partial charge is 0.457 e. The molecule has 4 rings (SSSR count). The van der Waals surface area contributed by atoms with Gasteiger partial charge in [0.2, 0.25) is 0 Å². The van der Waals surface area contributed by atoms with E-state index < -0.39 is 0 Å². The summed E-state index contributed by atoms with van der Waals surface area (Å²) in [6, 6.07) is 18.3. The van der Waals surface area contributed by atoms with E-state index in [1.165, 1.54) is 5.56 Å². The first-order valence-electron chi connectivity index (χ1n) is 7.91. The van der Waals surface area contributed by atoms with Crippen LogP contribution in [0.3, 0.4) is 0 Å². The van der Waals surface area contributed by atoms with Crippen LogP contribution in [-0.4, -0.2) is 36.1 Å². The van der Waals surface area contributed by atoms with Crippen LogP contribution in [-0.2, 0) is 0 Å². The van der Waals surface area contributed by atoms with Crippen LogP contribution >= 0.6 is 11.9 Å². The van der Waals surface area contributed by atoms with Crippen LogP contribution in [0, 0.1) is 0 Å². The number of benzene rings is 2.